The van der Waals surface area contributed by atoms with E-state index in [-0.39, 0.29) is 0 Å². The van der Waals surface area contributed by atoms with Crippen LogP contribution < -0.4 is 5.32 Å². The molecule has 0 unspecified atom stereocenters. The van der Waals surface area contributed by atoms with Crippen molar-refractivity contribution in [2.75, 3.05) is 0 Å². The number of hydrogen-bond donors (Lipinski definition) is 2. The zero-order chi connectivity index (χ0) is 13.1. The third-order valence-corrected chi connectivity index (χ3v) is 3.08. The van der Waals surface area contributed by atoms with Gasteiger partial charge in [0.2, 0.25) is 0 Å². The summed E-state index contributed by atoms with van der Waals surface area (Å²) in [7, 11) is 1.98. The van der Waals surface area contributed by atoms with Crippen molar-refractivity contribution >= 4 is 0 Å². The highest BCUT2D eigenvalue weighted by molar-refractivity contribution is 5.42. The van der Waals surface area contributed by atoms with Crippen LogP contribution in [0.3, 0.4) is 0 Å². The van der Waals surface area contributed by atoms with Gasteiger partial charge >= 0.3 is 0 Å². The van der Waals surface area contributed by atoms with Gasteiger partial charge in [-0.3, -0.25) is 0 Å². The summed E-state index contributed by atoms with van der Waals surface area (Å²) in [5, 5.41) is 13.1. The first-order valence-corrected chi connectivity index (χ1v) is 6.04. The SMILES string of the molecule is Cc1cc(CNCc2nccn2C)cc(C)c1O. The standard InChI is InChI=1S/C14H19N3O/c1-10-6-12(7-11(2)14(10)18)8-15-9-13-16-4-5-17(13)3/h4-7,15,18H,8-9H2,1-3H3. The van der Waals surface area contributed by atoms with Crippen LogP contribution in [0.5, 0.6) is 5.75 Å². The third kappa shape index (κ3) is 2.71. The van der Waals surface area contributed by atoms with Crippen LogP contribution in [0.15, 0.2) is 24.5 Å². The average molecular weight is 245 g/mol. The van der Waals surface area contributed by atoms with Crippen LogP contribution in [-0.2, 0) is 20.1 Å². The molecule has 0 aliphatic heterocycles. The molecule has 0 bridgehead atoms. The first kappa shape index (κ1) is 12.6. The van der Waals surface area contributed by atoms with Gasteiger partial charge in [-0.1, -0.05) is 12.1 Å². The van der Waals surface area contributed by atoms with Crippen molar-refractivity contribution in [1.29, 1.82) is 0 Å². The second-order valence-electron chi connectivity index (χ2n) is 4.64. The minimum Gasteiger partial charge on any atom is -0.507 e. The van der Waals surface area contributed by atoms with E-state index < -0.39 is 0 Å². The van der Waals surface area contributed by atoms with E-state index in [0.717, 1.165) is 30.0 Å². The van der Waals surface area contributed by atoms with Crippen LogP contribution in [0.25, 0.3) is 0 Å². The van der Waals surface area contributed by atoms with Gasteiger partial charge in [-0.05, 0) is 30.5 Å². The number of benzene rings is 1. The Kier molecular flexibility index (Phi) is 3.67. The van der Waals surface area contributed by atoms with E-state index in [9.17, 15) is 5.11 Å². The molecule has 0 saturated carbocycles. The minimum absolute atomic E-state index is 0.392. The molecule has 0 spiro atoms. The molecule has 1 aromatic heterocycles. The lowest BCUT2D eigenvalue weighted by Crippen LogP contribution is -2.15. The van der Waals surface area contributed by atoms with Gasteiger partial charge in [0, 0.05) is 26.0 Å². The number of nitrogens with zero attached hydrogens (tertiary/aromatic N) is 2. The molecule has 0 fully saturated rings. The number of hydrogen-bond acceptors (Lipinski definition) is 3. The summed E-state index contributed by atoms with van der Waals surface area (Å²) >= 11 is 0. The van der Waals surface area contributed by atoms with Crippen molar-refractivity contribution in [3.63, 3.8) is 0 Å². The predicted molar refractivity (Wildman–Crippen MR) is 71.3 cm³/mol. The Hall–Kier alpha value is -1.81. The van der Waals surface area contributed by atoms with Crippen molar-refractivity contribution < 1.29 is 5.11 Å². The molecular formula is C14H19N3O. The van der Waals surface area contributed by atoms with Gasteiger partial charge in [-0.25, -0.2) is 4.98 Å². The zero-order valence-corrected chi connectivity index (χ0v) is 11.1. The molecular weight excluding hydrogens is 226 g/mol. The van der Waals surface area contributed by atoms with Crippen molar-refractivity contribution in [3.8, 4) is 5.75 Å². The fourth-order valence-electron chi connectivity index (χ4n) is 2.03. The third-order valence-electron chi connectivity index (χ3n) is 3.08. The summed E-state index contributed by atoms with van der Waals surface area (Å²) < 4.78 is 2.00. The molecule has 1 aromatic carbocycles. The molecule has 0 radical (unpaired) electrons. The Labute approximate surface area is 107 Å². The lowest BCUT2D eigenvalue weighted by Gasteiger charge is -2.09. The number of aromatic hydroxyl groups is 1. The van der Waals surface area contributed by atoms with Gasteiger partial charge in [0.15, 0.2) is 0 Å². The van der Waals surface area contributed by atoms with Crippen LogP contribution >= 0.6 is 0 Å². The first-order valence-electron chi connectivity index (χ1n) is 6.04. The minimum atomic E-state index is 0.392. The highest BCUT2D eigenvalue weighted by Crippen LogP contribution is 2.22. The fraction of sp³-hybridized carbons (Fsp3) is 0.357. The van der Waals surface area contributed by atoms with Crippen LogP contribution in [-0.4, -0.2) is 14.7 Å². The van der Waals surface area contributed by atoms with Gasteiger partial charge < -0.3 is 15.0 Å². The predicted octanol–water partition coefficient (Wildman–Crippen LogP) is 2.03. The van der Waals surface area contributed by atoms with E-state index in [0.29, 0.717) is 5.75 Å². The molecule has 96 valence electrons. The highest BCUT2D eigenvalue weighted by Gasteiger charge is 2.04. The van der Waals surface area contributed by atoms with E-state index in [4.69, 9.17) is 0 Å². The van der Waals surface area contributed by atoms with Gasteiger partial charge in [-0.15, -0.1) is 0 Å². The van der Waals surface area contributed by atoms with E-state index >= 15 is 0 Å². The maximum Gasteiger partial charge on any atom is 0.122 e. The smallest absolute Gasteiger partial charge is 0.122 e. The van der Waals surface area contributed by atoms with E-state index in [1.165, 1.54) is 5.56 Å². The summed E-state index contributed by atoms with van der Waals surface area (Å²) in [6.45, 7) is 5.35. The van der Waals surface area contributed by atoms with Gasteiger partial charge in [0.05, 0.1) is 6.54 Å². The summed E-state index contributed by atoms with van der Waals surface area (Å²) in [4.78, 5) is 4.26. The van der Waals surface area contributed by atoms with Gasteiger partial charge in [0.25, 0.3) is 0 Å². The molecule has 0 amide bonds. The normalized spacial score (nSPS) is 10.8. The zero-order valence-electron chi connectivity index (χ0n) is 11.1. The maximum absolute atomic E-state index is 9.71. The molecule has 0 atom stereocenters. The summed E-state index contributed by atoms with van der Waals surface area (Å²) in [5.74, 6) is 1.41. The molecule has 0 aliphatic carbocycles. The van der Waals surface area contributed by atoms with E-state index in [1.54, 1.807) is 6.20 Å². The second kappa shape index (κ2) is 5.23. The van der Waals surface area contributed by atoms with Crippen molar-refractivity contribution in [3.05, 3.63) is 47.0 Å². The molecule has 2 rings (SSSR count). The molecule has 0 saturated heterocycles. The van der Waals surface area contributed by atoms with Gasteiger partial charge in [-0.2, -0.15) is 0 Å². The Bertz CT molecular complexity index is 523. The summed E-state index contributed by atoms with van der Waals surface area (Å²) in [6.07, 6.45) is 3.73. The van der Waals surface area contributed by atoms with Crippen LogP contribution in [0.1, 0.15) is 22.5 Å². The topological polar surface area (TPSA) is 50.1 Å². The molecule has 1 heterocycles. The molecule has 18 heavy (non-hydrogen) atoms. The number of nitrogens with one attached hydrogen (secondary N) is 1. The Morgan fingerprint density at radius 2 is 1.89 bits per heavy atom. The molecule has 2 aromatic rings. The van der Waals surface area contributed by atoms with Gasteiger partial charge in [0.1, 0.15) is 11.6 Å². The van der Waals surface area contributed by atoms with Crippen LogP contribution in [0, 0.1) is 13.8 Å². The average Bonchev–Trinajstić information content (AvgIpc) is 2.72. The molecule has 4 heteroatoms. The monoisotopic (exact) mass is 245 g/mol. The van der Waals surface area contributed by atoms with E-state index in [1.807, 2.05) is 43.8 Å². The highest BCUT2D eigenvalue weighted by atomic mass is 16.3. The Balaban J connectivity index is 1.97. The summed E-state index contributed by atoms with van der Waals surface area (Å²) in [6, 6.07) is 4.02. The molecule has 4 nitrogen and oxygen atoms in total. The number of aryl methyl sites for hydroxylation is 3. The van der Waals surface area contributed by atoms with Crippen LogP contribution in [0.4, 0.5) is 0 Å². The number of rotatable bonds is 4. The van der Waals surface area contributed by atoms with Crippen molar-refractivity contribution in [1.82, 2.24) is 14.9 Å². The first-order chi connectivity index (χ1) is 8.58. The number of phenolic OH excluding ortho intramolecular Hbond substituents is 1. The Morgan fingerprint density at radius 1 is 1.22 bits per heavy atom. The Morgan fingerprint density at radius 3 is 2.44 bits per heavy atom. The number of phenols is 1. The van der Waals surface area contributed by atoms with Crippen molar-refractivity contribution in [2.24, 2.45) is 7.05 Å². The van der Waals surface area contributed by atoms with Crippen LogP contribution in [0.2, 0.25) is 0 Å². The summed E-state index contributed by atoms with van der Waals surface area (Å²) in [5.41, 5.74) is 3.02. The number of imidazole rings is 1. The molecule has 0 aliphatic rings. The fourth-order valence-corrected chi connectivity index (χ4v) is 2.03. The second-order valence-corrected chi connectivity index (χ2v) is 4.64. The maximum atomic E-state index is 9.71. The molecule has 2 N–H and O–H groups in total. The largest absolute Gasteiger partial charge is 0.507 e. The quantitative estimate of drug-likeness (QED) is 0.866. The van der Waals surface area contributed by atoms with Crippen molar-refractivity contribution in [2.45, 2.75) is 26.9 Å². The lowest BCUT2D eigenvalue weighted by molar-refractivity contribution is 0.466. The lowest BCUT2D eigenvalue weighted by atomic mass is 10.1. The van der Waals surface area contributed by atoms with E-state index in [2.05, 4.69) is 10.3 Å². The number of aromatic nitrogens is 2.